The number of rotatable bonds is 6. The molecule has 1 amide bonds. The molecule has 2 aromatic rings. The van der Waals surface area contributed by atoms with Crippen LogP contribution in [-0.4, -0.2) is 49.0 Å². The molecule has 2 unspecified atom stereocenters. The first-order valence-corrected chi connectivity index (χ1v) is 9.14. The fourth-order valence-electron chi connectivity index (χ4n) is 3.56. The molecule has 1 N–H and O–H groups in total. The van der Waals surface area contributed by atoms with Crippen molar-refractivity contribution in [3.63, 3.8) is 0 Å². The van der Waals surface area contributed by atoms with Gasteiger partial charge in [-0.25, -0.2) is 4.68 Å². The molecule has 0 aromatic carbocycles. The van der Waals surface area contributed by atoms with Crippen molar-refractivity contribution >= 4 is 11.7 Å². The molecule has 136 valence electrons. The molecule has 3 rings (SSSR count). The van der Waals surface area contributed by atoms with E-state index >= 15 is 0 Å². The Hall–Kier alpha value is -2.15. The maximum atomic E-state index is 12.8. The molecule has 7 nitrogen and oxygen atoms in total. The number of nitrogens with one attached hydrogen (secondary N) is 1. The molecule has 7 heteroatoms. The number of aromatic nitrogens is 4. The van der Waals surface area contributed by atoms with Crippen LogP contribution in [0.5, 0.6) is 0 Å². The van der Waals surface area contributed by atoms with Gasteiger partial charge >= 0.3 is 0 Å². The molecule has 2 atom stereocenters. The van der Waals surface area contributed by atoms with Crippen molar-refractivity contribution in [2.75, 3.05) is 11.9 Å². The maximum absolute atomic E-state index is 12.8. The zero-order valence-corrected chi connectivity index (χ0v) is 15.3. The van der Waals surface area contributed by atoms with E-state index in [1.165, 1.54) is 6.42 Å². The summed E-state index contributed by atoms with van der Waals surface area (Å²) in [6, 6.07) is 4.15. The number of piperidine rings is 1. The Balaban J connectivity index is 1.67. The summed E-state index contributed by atoms with van der Waals surface area (Å²) in [6.45, 7) is 7.87. The van der Waals surface area contributed by atoms with E-state index in [-0.39, 0.29) is 18.0 Å². The fraction of sp³-hybridized carbons (Fsp3) is 0.611. The van der Waals surface area contributed by atoms with Crippen LogP contribution in [0.3, 0.4) is 0 Å². The second kappa shape index (κ2) is 7.82. The molecule has 1 aliphatic heterocycles. The molecule has 25 heavy (non-hydrogen) atoms. The molecular weight excluding hydrogens is 316 g/mol. The number of hydrogen-bond donors (Lipinski definition) is 1. The van der Waals surface area contributed by atoms with Gasteiger partial charge in [0.15, 0.2) is 0 Å². The number of hydrogen-bond acceptors (Lipinski definition) is 4. The number of amides is 1. The van der Waals surface area contributed by atoms with Gasteiger partial charge in [0.05, 0.1) is 18.8 Å². The summed E-state index contributed by atoms with van der Waals surface area (Å²) in [6.07, 6.45) is 8.95. The van der Waals surface area contributed by atoms with Crippen molar-refractivity contribution in [2.45, 2.75) is 64.7 Å². The average molecular weight is 344 g/mol. The molecule has 0 aliphatic carbocycles. The van der Waals surface area contributed by atoms with Crippen LogP contribution in [0, 0.1) is 0 Å². The van der Waals surface area contributed by atoms with Crippen molar-refractivity contribution in [1.29, 1.82) is 0 Å². The minimum Gasteiger partial charge on any atom is -0.310 e. The summed E-state index contributed by atoms with van der Waals surface area (Å²) < 4.78 is 3.80. The van der Waals surface area contributed by atoms with E-state index in [9.17, 15) is 4.79 Å². The van der Waals surface area contributed by atoms with Crippen LogP contribution < -0.4 is 5.32 Å². The monoisotopic (exact) mass is 344 g/mol. The van der Waals surface area contributed by atoms with Gasteiger partial charge in [0.1, 0.15) is 5.82 Å². The molecule has 3 heterocycles. The van der Waals surface area contributed by atoms with E-state index in [1.807, 2.05) is 34.6 Å². The number of carbonyl (C=O) groups excluding carboxylic acids is 1. The van der Waals surface area contributed by atoms with Crippen molar-refractivity contribution < 1.29 is 4.79 Å². The second-order valence-corrected chi connectivity index (χ2v) is 7.04. The number of likely N-dealkylation sites (tertiary alicyclic amines) is 1. The van der Waals surface area contributed by atoms with Gasteiger partial charge in [-0.1, -0.05) is 6.42 Å². The Morgan fingerprint density at radius 1 is 1.28 bits per heavy atom. The highest BCUT2D eigenvalue weighted by Crippen LogP contribution is 2.22. The molecule has 0 bridgehead atoms. The lowest BCUT2D eigenvalue weighted by Gasteiger charge is -2.39. The Morgan fingerprint density at radius 3 is 2.84 bits per heavy atom. The lowest BCUT2D eigenvalue weighted by molar-refractivity contribution is -0.122. The van der Waals surface area contributed by atoms with Crippen molar-refractivity contribution in [3.8, 4) is 0 Å². The molecule has 1 saturated heterocycles. The first-order chi connectivity index (χ1) is 12.1. The molecule has 0 radical (unpaired) electrons. The third-order valence-electron chi connectivity index (χ3n) is 4.92. The van der Waals surface area contributed by atoms with Crippen LogP contribution in [0.15, 0.2) is 30.7 Å². The van der Waals surface area contributed by atoms with Crippen molar-refractivity contribution in [3.05, 3.63) is 30.7 Å². The fourth-order valence-corrected chi connectivity index (χ4v) is 3.56. The summed E-state index contributed by atoms with van der Waals surface area (Å²) in [7, 11) is 0. The molecule has 2 aromatic heterocycles. The first kappa shape index (κ1) is 17.7. The zero-order valence-electron chi connectivity index (χ0n) is 15.3. The predicted molar refractivity (Wildman–Crippen MR) is 97.3 cm³/mol. The Kier molecular flexibility index (Phi) is 5.53. The maximum Gasteiger partial charge on any atom is 0.242 e. The molecule has 0 saturated carbocycles. The Labute approximate surface area is 149 Å². The van der Waals surface area contributed by atoms with Gasteiger partial charge in [-0.05, 0) is 46.2 Å². The van der Waals surface area contributed by atoms with Crippen LogP contribution >= 0.6 is 0 Å². The van der Waals surface area contributed by atoms with E-state index < -0.39 is 0 Å². The summed E-state index contributed by atoms with van der Waals surface area (Å²) in [5.41, 5.74) is 0. The molecule has 1 fully saturated rings. The quantitative estimate of drug-likeness (QED) is 0.874. The van der Waals surface area contributed by atoms with E-state index in [2.05, 4.69) is 34.3 Å². The van der Waals surface area contributed by atoms with E-state index in [0.717, 1.165) is 31.7 Å². The van der Waals surface area contributed by atoms with Crippen LogP contribution in [0.4, 0.5) is 5.82 Å². The van der Waals surface area contributed by atoms with E-state index in [0.29, 0.717) is 6.04 Å². The summed E-state index contributed by atoms with van der Waals surface area (Å²) >= 11 is 0. The lowest BCUT2D eigenvalue weighted by Crippen LogP contribution is -2.51. The van der Waals surface area contributed by atoms with E-state index in [1.54, 1.807) is 12.4 Å². The number of anilines is 1. The van der Waals surface area contributed by atoms with Crippen LogP contribution in [0.2, 0.25) is 0 Å². The van der Waals surface area contributed by atoms with Gasteiger partial charge in [-0.15, -0.1) is 0 Å². The van der Waals surface area contributed by atoms with Gasteiger partial charge in [0.2, 0.25) is 5.91 Å². The third kappa shape index (κ3) is 4.10. The zero-order chi connectivity index (χ0) is 17.8. The Bertz CT molecular complexity index is 678. The van der Waals surface area contributed by atoms with Gasteiger partial charge < -0.3 is 5.32 Å². The third-order valence-corrected chi connectivity index (χ3v) is 4.92. The van der Waals surface area contributed by atoms with E-state index in [4.69, 9.17) is 0 Å². The minimum absolute atomic E-state index is 0.0229. The van der Waals surface area contributed by atoms with Crippen LogP contribution in [0.25, 0.3) is 0 Å². The van der Waals surface area contributed by atoms with Crippen LogP contribution in [0.1, 0.15) is 46.1 Å². The highest BCUT2D eigenvalue weighted by atomic mass is 16.2. The lowest BCUT2D eigenvalue weighted by atomic mass is 9.99. The average Bonchev–Trinajstić information content (AvgIpc) is 3.26. The highest BCUT2D eigenvalue weighted by molar-refractivity contribution is 5.93. The smallest absolute Gasteiger partial charge is 0.242 e. The minimum atomic E-state index is -0.184. The SMILES string of the molecule is CC(C(=O)Nc1ccnn1C(C)C)N1CCCCC1Cn1cccn1. The number of nitrogens with zero attached hydrogens (tertiary/aromatic N) is 5. The van der Waals surface area contributed by atoms with Crippen LogP contribution in [-0.2, 0) is 11.3 Å². The van der Waals surface area contributed by atoms with Gasteiger partial charge in [0, 0.05) is 30.5 Å². The standard InChI is InChI=1S/C18H28N6O/c1-14(2)24-17(8-10-20-24)21-18(25)15(3)23-12-5-4-7-16(23)13-22-11-6-9-19-22/h6,8-11,14-16H,4-5,7,12-13H2,1-3H3,(H,21,25). The van der Waals surface area contributed by atoms with Gasteiger partial charge in [-0.2, -0.15) is 10.2 Å². The predicted octanol–water partition coefficient (Wildman–Crippen LogP) is 2.54. The van der Waals surface area contributed by atoms with Crippen molar-refractivity contribution in [1.82, 2.24) is 24.5 Å². The second-order valence-electron chi connectivity index (χ2n) is 7.04. The number of carbonyl (C=O) groups is 1. The first-order valence-electron chi connectivity index (χ1n) is 9.14. The van der Waals surface area contributed by atoms with Gasteiger partial charge in [0.25, 0.3) is 0 Å². The highest BCUT2D eigenvalue weighted by Gasteiger charge is 2.31. The Morgan fingerprint density at radius 2 is 2.12 bits per heavy atom. The summed E-state index contributed by atoms with van der Waals surface area (Å²) in [4.78, 5) is 15.1. The molecule has 0 spiro atoms. The summed E-state index contributed by atoms with van der Waals surface area (Å²) in [5.74, 6) is 0.780. The molecular formula is C18H28N6O. The largest absolute Gasteiger partial charge is 0.310 e. The normalized spacial score (nSPS) is 19.9. The summed E-state index contributed by atoms with van der Waals surface area (Å²) in [5, 5.41) is 11.6. The molecule has 1 aliphatic rings. The van der Waals surface area contributed by atoms with Crippen molar-refractivity contribution in [2.24, 2.45) is 0 Å². The topological polar surface area (TPSA) is 68.0 Å². The van der Waals surface area contributed by atoms with Gasteiger partial charge in [-0.3, -0.25) is 14.4 Å².